The largest absolute Gasteiger partial charge is 0.479 e. The van der Waals surface area contributed by atoms with Crippen LogP contribution >= 0.6 is 11.3 Å². The van der Waals surface area contributed by atoms with Crippen molar-refractivity contribution >= 4 is 23.3 Å². The van der Waals surface area contributed by atoms with E-state index in [9.17, 15) is 9.59 Å². The second-order valence-electron chi connectivity index (χ2n) is 3.22. The summed E-state index contributed by atoms with van der Waals surface area (Å²) in [4.78, 5) is 25.4. The molecule has 0 aromatic carbocycles. The molecule has 0 saturated heterocycles. The first-order chi connectivity index (χ1) is 8.09. The third kappa shape index (κ3) is 5.27. The minimum absolute atomic E-state index is 0.322. The maximum atomic E-state index is 11.2. The van der Waals surface area contributed by atoms with E-state index in [2.05, 4.69) is 15.6 Å². The molecular formula is C9H13N3O4S. The molecule has 0 aliphatic rings. The lowest BCUT2D eigenvalue weighted by atomic mass is 10.3. The van der Waals surface area contributed by atoms with Crippen LogP contribution in [0, 0.1) is 0 Å². The van der Waals surface area contributed by atoms with Crippen molar-refractivity contribution in [2.24, 2.45) is 0 Å². The van der Waals surface area contributed by atoms with E-state index in [0.717, 1.165) is 5.69 Å². The Balaban J connectivity index is 2.11. The number of nitrogens with one attached hydrogen (secondary N) is 2. The van der Waals surface area contributed by atoms with Gasteiger partial charge in [-0.3, -0.25) is 0 Å². The van der Waals surface area contributed by atoms with Gasteiger partial charge in [-0.15, -0.1) is 11.3 Å². The first-order valence-electron chi connectivity index (χ1n) is 4.89. The number of carboxylic acids is 1. The van der Waals surface area contributed by atoms with Crippen LogP contribution in [0.5, 0.6) is 0 Å². The summed E-state index contributed by atoms with van der Waals surface area (Å²) in [6.07, 6.45) is -0.974. The molecule has 4 N–H and O–H groups in total. The van der Waals surface area contributed by atoms with Crippen molar-refractivity contribution < 1.29 is 19.8 Å². The van der Waals surface area contributed by atoms with E-state index in [1.807, 2.05) is 5.38 Å². The highest BCUT2D eigenvalue weighted by Gasteiger charge is 2.13. The van der Waals surface area contributed by atoms with Crippen LogP contribution in [0.4, 0.5) is 4.79 Å². The molecule has 17 heavy (non-hydrogen) atoms. The zero-order valence-corrected chi connectivity index (χ0v) is 9.74. The highest BCUT2D eigenvalue weighted by molar-refractivity contribution is 7.07. The third-order valence-corrected chi connectivity index (χ3v) is 2.53. The number of carbonyl (C=O) groups excluding carboxylic acids is 1. The Kier molecular flexibility index (Phi) is 5.37. The molecule has 2 amide bonds. The van der Waals surface area contributed by atoms with E-state index >= 15 is 0 Å². The summed E-state index contributed by atoms with van der Waals surface area (Å²) >= 11 is 1.48. The summed E-state index contributed by atoms with van der Waals surface area (Å²) in [7, 11) is 0. The van der Waals surface area contributed by atoms with E-state index in [1.54, 1.807) is 5.51 Å². The lowest BCUT2D eigenvalue weighted by Gasteiger charge is -2.08. The number of carbonyl (C=O) groups is 2. The van der Waals surface area contributed by atoms with E-state index in [0.29, 0.717) is 13.0 Å². The highest BCUT2D eigenvalue weighted by atomic mass is 32.1. The third-order valence-electron chi connectivity index (χ3n) is 1.89. The Hall–Kier alpha value is -1.67. The molecule has 1 rings (SSSR count). The van der Waals surface area contributed by atoms with Gasteiger partial charge in [0.05, 0.1) is 17.7 Å². The number of aliphatic carboxylic acids is 1. The molecule has 8 heteroatoms. The van der Waals surface area contributed by atoms with Crippen LogP contribution in [0.3, 0.4) is 0 Å². The van der Waals surface area contributed by atoms with Crippen molar-refractivity contribution in [3.63, 3.8) is 0 Å². The average molecular weight is 259 g/mol. The highest BCUT2D eigenvalue weighted by Crippen LogP contribution is 2.00. The van der Waals surface area contributed by atoms with Gasteiger partial charge in [0.2, 0.25) is 0 Å². The topological polar surface area (TPSA) is 112 Å². The summed E-state index contributed by atoms with van der Waals surface area (Å²) in [6.45, 7) is 0.0800. The second-order valence-corrected chi connectivity index (χ2v) is 3.94. The number of hydrogen-bond donors (Lipinski definition) is 4. The van der Waals surface area contributed by atoms with Crippen molar-refractivity contribution in [1.82, 2.24) is 15.6 Å². The Bertz CT molecular complexity index is 368. The van der Waals surface area contributed by atoms with Crippen LogP contribution in [0.15, 0.2) is 10.9 Å². The first kappa shape index (κ1) is 13.4. The van der Waals surface area contributed by atoms with Crippen molar-refractivity contribution in [3.8, 4) is 0 Å². The smallest absolute Gasteiger partial charge is 0.334 e. The van der Waals surface area contributed by atoms with Crippen molar-refractivity contribution in [3.05, 3.63) is 16.6 Å². The molecular weight excluding hydrogens is 246 g/mol. The Morgan fingerprint density at radius 1 is 1.47 bits per heavy atom. The van der Waals surface area contributed by atoms with E-state index < -0.39 is 18.1 Å². The Morgan fingerprint density at radius 2 is 2.24 bits per heavy atom. The molecule has 0 spiro atoms. The maximum Gasteiger partial charge on any atom is 0.334 e. The fourth-order valence-corrected chi connectivity index (χ4v) is 1.60. The van der Waals surface area contributed by atoms with Crippen LogP contribution in [-0.2, 0) is 11.2 Å². The number of aliphatic hydroxyl groups excluding tert-OH is 1. The van der Waals surface area contributed by atoms with Crippen molar-refractivity contribution in [1.29, 1.82) is 0 Å². The molecule has 0 unspecified atom stereocenters. The monoisotopic (exact) mass is 259 g/mol. The number of thiazole rings is 1. The molecule has 0 radical (unpaired) electrons. The fourth-order valence-electron chi connectivity index (χ4n) is 1.00. The Labute approximate surface area is 101 Å². The van der Waals surface area contributed by atoms with Crippen LogP contribution in [0.25, 0.3) is 0 Å². The zero-order valence-electron chi connectivity index (χ0n) is 8.92. The molecule has 94 valence electrons. The quantitative estimate of drug-likeness (QED) is 0.546. The molecule has 0 fully saturated rings. The van der Waals surface area contributed by atoms with E-state index in [1.165, 1.54) is 11.3 Å². The van der Waals surface area contributed by atoms with Gasteiger partial charge in [-0.1, -0.05) is 0 Å². The number of carboxylic acid groups (broad SMARTS) is 1. The van der Waals surface area contributed by atoms with E-state index in [-0.39, 0.29) is 6.54 Å². The summed E-state index contributed by atoms with van der Waals surface area (Å²) < 4.78 is 0. The molecule has 0 bridgehead atoms. The van der Waals surface area contributed by atoms with Gasteiger partial charge in [-0.25, -0.2) is 14.6 Å². The summed E-state index contributed by atoms with van der Waals surface area (Å²) in [5, 5.41) is 23.9. The van der Waals surface area contributed by atoms with Gasteiger partial charge >= 0.3 is 12.0 Å². The molecule has 0 aliphatic heterocycles. The van der Waals surface area contributed by atoms with Gasteiger partial charge in [0.25, 0.3) is 0 Å². The number of aromatic nitrogens is 1. The van der Waals surface area contributed by atoms with E-state index in [4.69, 9.17) is 10.2 Å². The minimum Gasteiger partial charge on any atom is -0.479 e. The van der Waals surface area contributed by atoms with Gasteiger partial charge in [0.1, 0.15) is 0 Å². The van der Waals surface area contributed by atoms with Gasteiger partial charge < -0.3 is 20.8 Å². The summed E-state index contributed by atoms with van der Waals surface area (Å²) in [5.74, 6) is -1.37. The number of amides is 2. The molecule has 1 aromatic heterocycles. The number of hydrogen-bond acceptors (Lipinski definition) is 5. The van der Waals surface area contributed by atoms with Crippen molar-refractivity contribution in [2.45, 2.75) is 12.5 Å². The molecule has 1 heterocycles. The maximum absolute atomic E-state index is 11.2. The van der Waals surface area contributed by atoms with Crippen LogP contribution in [0.1, 0.15) is 5.69 Å². The molecule has 0 aliphatic carbocycles. The lowest BCUT2D eigenvalue weighted by Crippen LogP contribution is -2.42. The van der Waals surface area contributed by atoms with Gasteiger partial charge in [-0.05, 0) is 0 Å². The minimum atomic E-state index is -1.58. The average Bonchev–Trinajstić information content (AvgIpc) is 2.78. The van der Waals surface area contributed by atoms with Gasteiger partial charge in [-0.2, -0.15) is 0 Å². The second kappa shape index (κ2) is 6.81. The zero-order chi connectivity index (χ0) is 12.7. The Morgan fingerprint density at radius 3 is 2.82 bits per heavy atom. The van der Waals surface area contributed by atoms with Crippen LogP contribution in [0.2, 0.25) is 0 Å². The molecule has 0 saturated carbocycles. The van der Waals surface area contributed by atoms with Crippen LogP contribution in [-0.4, -0.2) is 46.4 Å². The molecule has 1 atom stereocenters. The van der Waals surface area contributed by atoms with Crippen LogP contribution < -0.4 is 10.6 Å². The number of rotatable bonds is 6. The fraction of sp³-hybridized carbons (Fsp3) is 0.444. The normalized spacial score (nSPS) is 11.8. The standard InChI is InChI=1S/C9H13N3O4S/c13-7(8(14)15)3-11-9(16)10-2-1-6-4-17-5-12-6/h4-5,7,13H,1-3H2,(H,14,15)(H2,10,11,16)/t7-/m0/s1. The number of nitrogens with zero attached hydrogens (tertiary/aromatic N) is 1. The first-order valence-corrected chi connectivity index (χ1v) is 5.83. The van der Waals surface area contributed by atoms with Gasteiger partial charge in [0.15, 0.2) is 6.10 Å². The predicted molar refractivity (Wildman–Crippen MR) is 60.9 cm³/mol. The number of urea groups is 1. The van der Waals surface area contributed by atoms with Crippen molar-refractivity contribution in [2.75, 3.05) is 13.1 Å². The lowest BCUT2D eigenvalue weighted by molar-refractivity contribution is -0.146. The SMILES string of the molecule is O=C(NCCc1cscn1)NC[C@H](O)C(=O)O. The molecule has 7 nitrogen and oxygen atoms in total. The van der Waals surface area contributed by atoms with Gasteiger partial charge in [0, 0.05) is 18.3 Å². The predicted octanol–water partition coefficient (Wildman–Crippen LogP) is -0.570. The summed E-state index contributed by atoms with van der Waals surface area (Å²) in [6, 6.07) is -0.513. The number of aliphatic hydroxyl groups is 1. The summed E-state index contributed by atoms with van der Waals surface area (Å²) in [5.41, 5.74) is 2.60. The molecule has 1 aromatic rings.